The van der Waals surface area contributed by atoms with Crippen molar-refractivity contribution in [2.45, 2.75) is 11.1 Å². The molecule has 8 nitrogen and oxygen atoms in total. The number of nitrogens with one attached hydrogen (secondary N) is 1. The third kappa shape index (κ3) is 5.55. The average molecular weight is 540 g/mol. The van der Waals surface area contributed by atoms with Crippen LogP contribution in [0.4, 0.5) is 18.9 Å². The predicted octanol–water partition coefficient (Wildman–Crippen LogP) is 4.43. The molecule has 0 atom stereocenters. The quantitative estimate of drug-likeness (QED) is 0.354. The number of amides is 1. The smallest absolute Gasteiger partial charge is 0.417 e. The summed E-state index contributed by atoms with van der Waals surface area (Å²) in [4.78, 5) is 12.4. The molecule has 36 heavy (non-hydrogen) atoms. The fraction of sp³-hybridized carbons (Fsp3) is 0.130. The molecule has 4 rings (SSSR count). The first-order chi connectivity index (χ1) is 17.1. The first kappa shape index (κ1) is 25.3. The van der Waals surface area contributed by atoms with Crippen LogP contribution in [0.1, 0.15) is 11.1 Å². The zero-order chi connectivity index (χ0) is 25.9. The van der Waals surface area contributed by atoms with Crippen molar-refractivity contribution in [1.29, 1.82) is 0 Å². The Morgan fingerprint density at radius 2 is 1.78 bits per heavy atom. The van der Waals surface area contributed by atoms with Crippen molar-refractivity contribution in [2.24, 2.45) is 5.10 Å². The molecule has 1 amide bonds. The third-order valence-corrected chi connectivity index (χ3v) is 7.08. The van der Waals surface area contributed by atoms with Crippen LogP contribution in [0, 0.1) is 0 Å². The van der Waals surface area contributed by atoms with Crippen molar-refractivity contribution in [3.8, 4) is 11.5 Å². The summed E-state index contributed by atoms with van der Waals surface area (Å²) >= 11 is 5.68. The summed E-state index contributed by atoms with van der Waals surface area (Å²) in [5, 5.41) is 3.19. The molecule has 0 radical (unpaired) electrons. The number of fused-ring (bicyclic) bond motifs is 1. The van der Waals surface area contributed by atoms with Crippen LogP contribution >= 0.6 is 11.6 Å². The van der Waals surface area contributed by atoms with Gasteiger partial charge in [0.25, 0.3) is 15.9 Å². The van der Waals surface area contributed by atoms with Crippen molar-refractivity contribution < 1.29 is 35.9 Å². The van der Waals surface area contributed by atoms with Gasteiger partial charge in [-0.3, -0.25) is 9.10 Å². The molecule has 3 aromatic rings. The largest absolute Gasteiger partial charge is 0.454 e. The fourth-order valence-corrected chi connectivity index (χ4v) is 4.92. The SMILES string of the molecule is O=C(CN(c1ccc(Cl)c(C(F)(F)F)c1)S(=O)(=O)c1ccccc1)N/N=C\c1ccc2c(c1)OCO2. The Morgan fingerprint density at radius 1 is 1.06 bits per heavy atom. The minimum absolute atomic E-state index is 0.0825. The standard InChI is InChI=1S/C23H17ClF3N3O5S/c24-19-8-7-16(11-18(19)23(25,26)27)30(36(32,33)17-4-2-1-3-5-17)13-22(31)29-28-12-15-6-9-20-21(10-15)35-14-34-20/h1-12H,13-14H2,(H,29,31)/b28-12-. The van der Waals surface area contributed by atoms with E-state index >= 15 is 0 Å². The highest BCUT2D eigenvalue weighted by atomic mass is 35.5. The Bertz CT molecular complexity index is 1420. The van der Waals surface area contributed by atoms with E-state index in [9.17, 15) is 26.4 Å². The van der Waals surface area contributed by atoms with Crippen molar-refractivity contribution >= 4 is 39.4 Å². The Hall–Kier alpha value is -3.77. The number of anilines is 1. The number of hydrogen-bond acceptors (Lipinski definition) is 6. The number of hydrazone groups is 1. The van der Waals surface area contributed by atoms with E-state index in [0.29, 0.717) is 27.4 Å². The van der Waals surface area contributed by atoms with Crippen LogP contribution in [0.2, 0.25) is 5.02 Å². The molecule has 13 heteroatoms. The predicted molar refractivity (Wildman–Crippen MR) is 126 cm³/mol. The van der Waals surface area contributed by atoms with Gasteiger partial charge in [-0.2, -0.15) is 18.3 Å². The molecule has 1 aliphatic rings. The molecule has 0 unspecified atom stereocenters. The van der Waals surface area contributed by atoms with Gasteiger partial charge in [0.1, 0.15) is 6.54 Å². The van der Waals surface area contributed by atoms with E-state index in [0.717, 1.165) is 12.1 Å². The van der Waals surface area contributed by atoms with E-state index in [1.807, 2.05) is 0 Å². The van der Waals surface area contributed by atoms with E-state index < -0.39 is 44.9 Å². The highest BCUT2D eigenvalue weighted by Gasteiger charge is 2.35. The van der Waals surface area contributed by atoms with Gasteiger partial charge in [-0.05, 0) is 54.1 Å². The van der Waals surface area contributed by atoms with Crippen LogP contribution in [-0.4, -0.2) is 33.9 Å². The number of ether oxygens (including phenoxy) is 2. The Morgan fingerprint density at radius 3 is 2.50 bits per heavy atom. The number of benzene rings is 3. The number of sulfonamides is 1. The highest BCUT2D eigenvalue weighted by molar-refractivity contribution is 7.92. The number of hydrogen-bond donors (Lipinski definition) is 1. The Balaban J connectivity index is 1.60. The number of carbonyl (C=O) groups is 1. The van der Waals surface area contributed by atoms with Crippen molar-refractivity contribution in [3.05, 3.63) is 82.9 Å². The van der Waals surface area contributed by atoms with Crippen molar-refractivity contribution in [3.63, 3.8) is 0 Å². The molecular weight excluding hydrogens is 523 g/mol. The van der Waals surface area contributed by atoms with Crippen molar-refractivity contribution in [2.75, 3.05) is 17.6 Å². The van der Waals surface area contributed by atoms with Crippen LogP contribution in [-0.2, 0) is 21.0 Å². The number of carbonyl (C=O) groups excluding carboxylic acids is 1. The monoisotopic (exact) mass is 539 g/mol. The maximum atomic E-state index is 13.4. The molecule has 1 heterocycles. The Labute approximate surface area is 208 Å². The summed E-state index contributed by atoms with van der Waals surface area (Å²) in [6.07, 6.45) is -3.55. The van der Waals surface area contributed by atoms with E-state index in [4.69, 9.17) is 21.1 Å². The van der Waals surface area contributed by atoms with E-state index in [2.05, 4.69) is 10.5 Å². The molecule has 0 spiro atoms. The van der Waals surface area contributed by atoms with Gasteiger partial charge in [0.15, 0.2) is 11.5 Å². The summed E-state index contributed by atoms with van der Waals surface area (Å²) in [5.41, 5.74) is 1.10. The molecule has 0 aliphatic carbocycles. The first-order valence-electron chi connectivity index (χ1n) is 10.2. The second kappa shape index (κ2) is 10.1. The summed E-state index contributed by atoms with van der Waals surface area (Å²) < 4.78 is 77.8. The number of nitrogens with zero attached hydrogens (tertiary/aromatic N) is 2. The van der Waals surface area contributed by atoms with E-state index in [1.165, 1.54) is 30.5 Å². The van der Waals surface area contributed by atoms with E-state index in [-0.39, 0.29) is 11.7 Å². The van der Waals surface area contributed by atoms with Crippen LogP contribution in [0.3, 0.4) is 0 Å². The lowest BCUT2D eigenvalue weighted by atomic mass is 10.2. The minimum atomic E-state index is -4.84. The fourth-order valence-electron chi connectivity index (χ4n) is 3.26. The Kier molecular flexibility index (Phi) is 7.09. The summed E-state index contributed by atoms with van der Waals surface area (Å²) in [7, 11) is -4.43. The van der Waals surface area contributed by atoms with E-state index in [1.54, 1.807) is 24.3 Å². The lowest BCUT2D eigenvalue weighted by Gasteiger charge is -2.24. The number of halogens is 4. The van der Waals surface area contributed by atoms with Crippen LogP contribution in [0.25, 0.3) is 0 Å². The van der Waals surface area contributed by atoms with Gasteiger partial charge in [-0.15, -0.1) is 0 Å². The molecular formula is C23H17ClF3N3O5S. The highest BCUT2D eigenvalue weighted by Crippen LogP contribution is 2.38. The van der Waals surface area contributed by atoms with Crippen LogP contribution in [0.15, 0.2) is 76.7 Å². The lowest BCUT2D eigenvalue weighted by molar-refractivity contribution is -0.137. The minimum Gasteiger partial charge on any atom is -0.454 e. The topological polar surface area (TPSA) is 97.3 Å². The molecule has 0 bridgehead atoms. The maximum Gasteiger partial charge on any atom is 0.417 e. The molecule has 3 aromatic carbocycles. The van der Waals surface area contributed by atoms with Gasteiger partial charge in [0.05, 0.1) is 27.4 Å². The summed E-state index contributed by atoms with van der Waals surface area (Å²) in [6.45, 7) is -0.770. The molecule has 0 aromatic heterocycles. The molecule has 0 saturated carbocycles. The zero-order valence-corrected chi connectivity index (χ0v) is 19.8. The molecule has 0 saturated heterocycles. The maximum absolute atomic E-state index is 13.4. The second-order valence-electron chi connectivity index (χ2n) is 7.39. The van der Waals surface area contributed by atoms with Gasteiger partial charge < -0.3 is 9.47 Å². The molecule has 0 fully saturated rings. The molecule has 188 valence electrons. The van der Waals surface area contributed by atoms with Gasteiger partial charge in [-0.25, -0.2) is 13.8 Å². The molecule has 1 aliphatic heterocycles. The van der Waals surface area contributed by atoms with Gasteiger partial charge >= 0.3 is 6.18 Å². The van der Waals surface area contributed by atoms with Crippen molar-refractivity contribution in [1.82, 2.24) is 5.43 Å². The van der Waals surface area contributed by atoms with Crippen LogP contribution < -0.4 is 19.2 Å². The summed E-state index contributed by atoms with van der Waals surface area (Å²) in [5.74, 6) is 0.155. The first-order valence-corrected chi connectivity index (χ1v) is 12.0. The number of alkyl halides is 3. The number of rotatable bonds is 7. The normalized spacial score (nSPS) is 13.1. The second-order valence-corrected chi connectivity index (χ2v) is 9.66. The lowest BCUT2D eigenvalue weighted by Crippen LogP contribution is -2.39. The van der Waals surface area contributed by atoms with Gasteiger partial charge in [0.2, 0.25) is 6.79 Å². The summed E-state index contributed by atoms with van der Waals surface area (Å²) in [6, 6.07) is 14.5. The average Bonchev–Trinajstić information content (AvgIpc) is 3.31. The third-order valence-electron chi connectivity index (χ3n) is 4.96. The van der Waals surface area contributed by atoms with Crippen LogP contribution in [0.5, 0.6) is 11.5 Å². The molecule has 1 N–H and O–H groups in total. The van der Waals surface area contributed by atoms with Gasteiger partial charge in [0, 0.05) is 0 Å². The van der Waals surface area contributed by atoms with Gasteiger partial charge in [-0.1, -0.05) is 29.8 Å². The zero-order valence-electron chi connectivity index (χ0n) is 18.2.